The van der Waals surface area contributed by atoms with Crippen molar-refractivity contribution in [2.45, 2.75) is 6.42 Å². The standard InChI is InChI=1S/C30H31ClFN5O3/c1-6-21-8-11-25(12-9-21)37(29(38)23-17-24(31)19-26(18-23)40-5)30(39)34-28-13-10-22(16-27(28)32)20-33-36(4)15-7-14-35(2)3/h1,8-13,16-20H,7,14-15H2,2-5H3,(H,34,39). The van der Waals surface area contributed by atoms with Gasteiger partial charge in [-0.1, -0.05) is 23.6 Å². The Hall–Kier alpha value is -4.39. The molecule has 0 heterocycles. The number of ether oxygens (including phenoxy) is 1. The van der Waals surface area contributed by atoms with E-state index in [1.165, 1.54) is 49.6 Å². The lowest BCUT2D eigenvalue weighted by molar-refractivity contribution is 0.0995. The summed E-state index contributed by atoms with van der Waals surface area (Å²) in [6.45, 7) is 1.68. The molecule has 3 rings (SSSR count). The number of benzene rings is 3. The van der Waals surface area contributed by atoms with Crippen molar-refractivity contribution in [1.82, 2.24) is 9.91 Å². The summed E-state index contributed by atoms with van der Waals surface area (Å²) in [5, 5.41) is 8.84. The molecule has 0 unspecified atom stereocenters. The molecule has 0 aliphatic heterocycles. The Kier molecular flexibility index (Phi) is 10.6. The molecule has 0 radical (unpaired) electrons. The summed E-state index contributed by atoms with van der Waals surface area (Å²) >= 11 is 6.15. The van der Waals surface area contributed by atoms with Gasteiger partial charge in [0.15, 0.2) is 0 Å². The molecule has 10 heteroatoms. The van der Waals surface area contributed by atoms with Crippen LogP contribution in [0.5, 0.6) is 5.75 Å². The van der Waals surface area contributed by atoms with E-state index in [1.54, 1.807) is 29.4 Å². The number of carbonyl (C=O) groups excluding carboxylic acids is 2. The Labute approximate surface area is 239 Å². The van der Waals surface area contributed by atoms with Crippen LogP contribution >= 0.6 is 11.6 Å². The number of nitrogens with zero attached hydrogens (tertiary/aromatic N) is 4. The first-order valence-electron chi connectivity index (χ1n) is 12.4. The van der Waals surface area contributed by atoms with Gasteiger partial charge < -0.3 is 20.0 Å². The van der Waals surface area contributed by atoms with Crippen molar-refractivity contribution in [2.24, 2.45) is 5.10 Å². The fraction of sp³-hybridized carbons (Fsp3) is 0.233. The van der Waals surface area contributed by atoms with Crippen molar-refractivity contribution >= 4 is 41.1 Å². The predicted octanol–water partition coefficient (Wildman–Crippen LogP) is 5.57. The van der Waals surface area contributed by atoms with Gasteiger partial charge in [-0.05, 0) is 87.2 Å². The van der Waals surface area contributed by atoms with Crippen molar-refractivity contribution in [3.8, 4) is 18.1 Å². The highest BCUT2D eigenvalue weighted by Gasteiger charge is 2.26. The molecule has 0 saturated carbocycles. The van der Waals surface area contributed by atoms with Gasteiger partial charge in [-0.15, -0.1) is 6.42 Å². The van der Waals surface area contributed by atoms with Crippen LogP contribution < -0.4 is 15.0 Å². The summed E-state index contributed by atoms with van der Waals surface area (Å²) in [5.74, 6) is 1.44. The summed E-state index contributed by atoms with van der Waals surface area (Å²) in [6, 6.07) is 14.0. The molecule has 1 N–H and O–H groups in total. The highest BCUT2D eigenvalue weighted by atomic mass is 35.5. The number of nitrogens with one attached hydrogen (secondary N) is 1. The first-order chi connectivity index (χ1) is 19.1. The molecule has 3 amide bonds. The Morgan fingerprint density at radius 3 is 2.42 bits per heavy atom. The molecule has 0 bridgehead atoms. The van der Waals surface area contributed by atoms with E-state index in [-0.39, 0.29) is 22.0 Å². The van der Waals surface area contributed by atoms with E-state index in [9.17, 15) is 9.59 Å². The molecule has 0 atom stereocenters. The van der Waals surface area contributed by atoms with Crippen molar-refractivity contribution in [3.05, 3.63) is 88.2 Å². The molecular formula is C30H31ClFN5O3. The van der Waals surface area contributed by atoms with E-state index in [1.807, 2.05) is 21.1 Å². The molecule has 40 heavy (non-hydrogen) atoms. The number of hydrazone groups is 1. The van der Waals surface area contributed by atoms with E-state index in [2.05, 4.69) is 21.2 Å². The van der Waals surface area contributed by atoms with Crippen LogP contribution in [0.25, 0.3) is 0 Å². The van der Waals surface area contributed by atoms with Crippen LogP contribution in [0.1, 0.15) is 27.9 Å². The maximum Gasteiger partial charge on any atom is 0.333 e. The molecule has 0 fully saturated rings. The molecule has 0 aliphatic carbocycles. The van der Waals surface area contributed by atoms with E-state index in [0.29, 0.717) is 16.9 Å². The van der Waals surface area contributed by atoms with Gasteiger partial charge in [0.05, 0.1) is 24.7 Å². The third kappa shape index (κ3) is 8.30. The van der Waals surface area contributed by atoms with Crippen LogP contribution in [0.15, 0.2) is 65.8 Å². The first-order valence-corrected chi connectivity index (χ1v) is 12.7. The second-order valence-corrected chi connectivity index (χ2v) is 9.60. The molecule has 0 aromatic heterocycles. The van der Waals surface area contributed by atoms with Gasteiger partial charge >= 0.3 is 6.03 Å². The molecule has 0 spiro atoms. The van der Waals surface area contributed by atoms with Crippen molar-refractivity contribution in [1.29, 1.82) is 0 Å². The number of methoxy groups -OCH3 is 1. The lowest BCUT2D eigenvalue weighted by Crippen LogP contribution is -2.40. The number of amides is 3. The van der Waals surface area contributed by atoms with Gasteiger partial charge in [0.2, 0.25) is 0 Å². The number of hydrogen-bond donors (Lipinski definition) is 1. The number of imide groups is 1. The highest BCUT2D eigenvalue weighted by molar-refractivity contribution is 6.31. The Bertz CT molecular complexity index is 1420. The van der Waals surface area contributed by atoms with Crippen LogP contribution in [0, 0.1) is 18.2 Å². The monoisotopic (exact) mass is 563 g/mol. The van der Waals surface area contributed by atoms with Crippen molar-refractivity contribution in [3.63, 3.8) is 0 Å². The minimum Gasteiger partial charge on any atom is -0.497 e. The molecule has 0 aliphatic rings. The summed E-state index contributed by atoms with van der Waals surface area (Å²) in [7, 11) is 7.29. The fourth-order valence-electron chi connectivity index (χ4n) is 3.69. The Morgan fingerprint density at radius 1 is 1.07 bits per heavy atom. The minimum absolute atomic E-state index is 0.0993. The Balaban J connectivity index is 1.84. The van der Waals surface area contributed by atoms with Gasteiger partial charge in [0, 0.05) is 29.7 Å². The quantitative estimate of drug-likeness (QED) is 0.198. The third-order valence-corrected chi connectivity index (χ3v) is 6.00. The molecular weight excluding hydrogens is 533 g/mol. The van der Waals surface area contributed by atoms with Crippen molar-refractivity contribution < 1.29 is 18.7 Å². The second kappa shape index (κ2) is 14.1. The number of rotatable bonds is 10. The maximum atomic E-state index is 15.0. The SMILES string of the molecule is C#Cc1ccc(N(C(=O)Nc2ccc(C=NN(C)CCCN(C)C)cc2F)C(=O)c2cc(Cl)cc(OC)c2)cc1. The van der Waals surface area contributed by atoms with Crippen LogP contribution in [0.4, 0.5) is 20.6 Å². The lowest BCUT2D eigenvalue weighted by Gasteiger charge is -2.22. The number of anilines is 2. The summed E-state index contributed by atoms with van der Waals surface area (Å²) < 4.78 is 20.2. The second-order valence-electron chi connectivity index (χ2n) is 9.16. The molecule has 0 saturated heterocycles. The zero-order chi connectivity index (χ0) is 29.2. The lowest BCUT2D eigenvalue weighted by atomic mass is 10.1. The van der Waals surface area contributed by atoms with Crippen LogP contribution in [-0.2, 0) is 0 Å². The van der Waals surface area contributed by atoms with E-state index < -0.39 is 17.8 Å². The molecule has 8 nitrogen and oxygen atoms in total. The minimum atomic E-state index is -0.877. The fourth-order valence-corrected chi connectivity index (χ4v) is 3.91. The largest absolute Gasteiger partial charge is 0.497 e. The predicted molar refractivity (Wildman–Crippen MR) is 158 cm³/mol. The highest BCUT2D eigenvalue weighted by Crippen LogP contribution is 2.26. The van der Waals surface area contributed by atoms with Crippen LogP contribution in [-0.4, -0.2) is 69.4 Å². The van der Waals surface area contributed by atoms with Crippen molar-refractivity contribution in [2.75, 3.05) is 51.6 Å². The molecule has 3 aromatic carbocycles. The average molecular weight is 564 g/mol. The third-order valence-electron chi connectivity index (χ3n) is 5.78. The van der Waals surface area contributed by atoms with Gasteiger partial charge in [-0.25, -0.2) is 14.1 Å². The number of hydrogen-bond acceptors (Lipinski definition) is 6. The number of carbonyl (C=O) groups is 2. The van der Waals surface area contributed by atoms with E-state index in [4.69, 9.17) is 22.8 Å². The van der Waals surface area contributed by atoms with E-state index in [0.717, 1.165) is 24.4 Å². The number of urea groups is 1. The van der Waals surface area contributed by atoms with Gasteiger partial charge in [0.1, 0.15) is 11.6 Å². The first kappa shape index (κ1) is 30.2. The maximum absolute atomic E-state index is 15.0. The molecule has 3 aromatic rings. The molecule has 208 valence electrons. The zero-order valence-electron chi connectivity index (χ0n) is 22.8. The normalized spacial score (nSPS) is 10.8. The number of halogens is 2. The smallest absolute Gasteiger partial charge is 0.333 e. The summed E-state index contributed by atoms with van der Waals surface area (Å²) in [6.07, 6.45) is 7.92. The van der Waals surface area contributed by atoms with Gasteiger partial charge in [0.25, 0.3) is 5.91 Å². The topological polar surface area (TPSA) is 77.5 Å². The van der Waals surface area contributed by atoms with Gasteiger partial charge in [-0.3, -0.25) is 4.79 Å². The van der Waals surface area contributed by atoms with Crippen LogP contribution in [0.2, 0.25) is 5.02 Å². The van der Waals surface area contributed by atoms with Gasteiger partial charge in [-0.2, -0.15) is 5.10 Å². The number of terminal acetylenes is 1. The summed E-state index contributed by atoms with van der Waals surface area (Å²) in [5.41, 5.74) is 1.29. The summed E-state index contributed by atoms with van der Waals surface area (Å²) in [4.78, 5) is 29.9. The average Bonchev–Trinajstić information content (AvgIpc) is 2.93. The zero-order valence-corrected chi connectivity index (χ0v) is 23.6. The Morgan fingerprint density at radius 2 is 1.80 bits per heavy atom. The van der Waals surface area contributed by atoms with Crippen LogP contribution in [0.3, 0.4) is 0 Å². The van der Waals surface area contributed by atoms with E-state index >= 15 is 4.39 Å².